The fourth-order valence-corrected chi connectivity index (χ4v) is 3.49. The van der Waals surface area contributed by atoms with Crippen molar-refractivity contribution in [3.05, 3.63) is 61.4 Å². The van der Waals surface area contributed by atoms with E-state index in [0.29, 0.717) is 15.6 Å². The normalized spacial score (nSPS) is 11.3. The van der Waals surface area contributed by atoms with Crippen molar-refractivity contribution in [2.24, 2.45) is 0 Å². The lowest BCUT2D eigenvalue weighted by Crippen LogP contribution is -2.21. The first-order valence-electron chi connectivity index (χ1n) is 8.14. The SMILES string of the molecule is Cc1c(Cl)c(C(F)F)nn1CC(=O)Nc1nn(Cc2c(Cl)cccc2Cl)cc1Cl. The highest BCUT2D eigenvalue weighted by Crippen LogP contribution is 2.29. The first-order valence-corrected chi connectivity index (χ1v) is 9.65. The molecule has 0 saturated carbocycles. The van der Waals surface area contributed by atoms with Gasteiger partial charge in [0.25, 0.3) is 6.43 Å². The maximum atomic E-state index is 12.9. The molecule has 1 N–H and O–H groups in total. The number of benzene rings is 1. The van der Waals surface area contributed by atoms with E-state index in [0.717, 1.165) is 4.68 Å². The molecule has 154 valence electrons. The highest BCUT2D eigenvalue weighted by atomic mass is 35.5. The molecule has 2 aromatic heterocycles. The van der Waals surface area contributed by atoms with E-state index < -0.39 is 18.0 Å². The number of aromatic nitrogens is 4. The van der Waals surface area contributed by atoms with E-state index in [4.69, 9.17) is 46.4 Å². The molecule has 2 heterocycles. The van der Waals surface area contributed by atoms with Crippen LogP contribution in [0.5, 0.6) is 0 Å². The number of hydrogen-bond acceptors (Lipinski definition) is 3. The van der Waals surface area contributed by atoms with Crippen LogP contribution in [0, 0.1) is 6.92 Å². The van der Waals surface area contributed by atoms with Crippen molar-refractivity contribution >= 4 is 58.1 Å². The minimum atomic E-state index is -2.84. The lowest BCUT2D eigenvalue weighted by atomic mass is 10.2. The van der Waals surface area contributed by atoms with Crippen LogP contribution in [-0.4, -0.2) is 25.5 Å². The molecule has 1 amide bonds. The maximum absolute atomic E-state index is 12.9. The third kappa shape index (κ3) is 4.83. The van der Waals surface area contributed by atoms with Crippen LogP contribution in [-0.2, 0) is 17.9 Å². The van der Waals surface area contributed by atoms with E-state index in [1.165, 1.54) is 17.8 Å². The summed E-state index contributed by atoms with van der Waals surface area (Å²) in [6.45, 7) is 1.39. The van der Waals surface area contributed by atoms with Crippen molar-refractivity contribution in [1.82, 2.24) is 19.6 Å². The van der Waals surface area contributed by atoms with Gasteiger partial charge in [0.1, 0.15) is 17.3 Å². The van der Waals surface area contributed by atoms with Crippen LogP contribution in [0.4, 0.5) is 14.6 Å². The van der Waals surface area contributed by atoms with Crippen molar-refractivity contribution < 1.29 is 13.6 Å². The predicted molar refractivity (Wildman–Crippen MR) is 108 cm³/mol. The first kappa shape index (κ1) is 21.8. The lowest BCUT2D eigenvalue weighted by Gasteiger charge is -2.07. The van der Waals surface area contributed by atoms with Crippen molar-refractivity contribution in [2.75, 3.05) is 5.32 Å². The van der Waals surface area contributed by atoms with Gasteiger partial charge in [0.15, 0.2) is 5.82 Å². The van der Waals surface area contributed by atoms with Gasteiger partial charge in [-0.15, -0.1) is 0 Å². The second-order valence-electron chi connectivity index (χ2n) is 6.01. The van der Waals surface area contributed by atoms with Crippen molar-refractivity contribution in [2.45, 2.75) is 26.4 Å². The number of anilines is 1. The number of amides is 1. The van der Waals surface area contributed by atoms with Gasteiger partial charge in [0.2, 0.25) is 5.91 Å². The largest absolute Gasteiger partial charge is 0.306 e. The molecule has 0 atom stereocenters. The van der Waals surface area contributed by atoms with E-state index in [2.05, 4.69) is 15.5 Å². The van der Waals surface area contributed by atoms with E-state index in [-0.39, 0.29) is 34.6 Å². The Balaban J connectivity index is 1.73. The average Bonchev–Trinajstić information content (AvgIpc) is 3.12. The van der Waals surface area contributed by atoms with Gasteiger partial charge in [-0.3, -0.25) is 14.2 Å². The molecule has 0 fully saturated rings. The monoisotopic (exact) mass is 481 g/mol. The van der Waals surface area contributed by atoms with Crippen LogP contribution in [0.25, 0.3) is 0 Å². The van der Waals surface area contributed by atoms with Crippen LogP contribution in [0.2, 0.25) is 20.1 Å². The summed E-state index contributed by atoms with van der Waals surface area (Å²) in [5, 5.41) is 11.3. The van der Waals surface area contributed by atoms with Gasteiger partial charge < -0.3 is 5.32 Å². The summed E-state index contributed by atoms with van der Waals surface area (Å²) in [5.74, 6) is -0.458. The molecule has 0 spiro atoms. The van der Waals surface area contributed by atoms with Crippen molar-refractivity contribution in [1.29, 1.82) is 0 Å². The quantitative estimate of drug-likeness (QED) is 0.495. The summed E-state index contributed by atoms with van der Waals surface area (Å²) in [4.78, 5) is 12.3. The lowest BCUT2D eigenvalue weighted by molar-refractivity contribution is -0.117. The van der Waals surface area contributed by atoms with Crippen LogP contribution < -0.4 is 5.32 Å². The number of carbonyl (C=O) groups excluding carboxylic acids is 1. The zero-order chi connectivity index (χ0) is 21.3. The van der Waals surface area contributed by atoms with E-state index in [1.807, 2.05) is 0 Å². The standard InChI is InChI=1S/C17H13Cl4F2N5O/c1-8-14(21)15(16(22)23)25-28(8)7-13(29)24-17-12(20)6-27(26-17)5-9-10(18)3-2-4-11(9)19/h2-4,6,16H,5,7H2,1H3,(H,24,26,29). The Morgan fingerprint density at radius 3 is 2.38 bits per heavy atom. The van der Waals surface area contributed by atoms with E-state index in [9.17, 15) is 13.6 Å². The van der Waals surface area contributed by atoms with Crippen LogP contribution in [0.3, 0.4) is 0 Å². The third-order valence-corrected chi connectivity index (χ3v) is 5.47. The number of rotatable bonds is 6. The zero-order valence-electron chi connectivity index (χ0n) is 14.8. The number of alkyl halides is 2. The van der Waals surface area contributed by atoms with Crippen LogP contribution in [0.15, 0.2) is 24.4 Å². The molecule has 0 radical (unpaired) electrons. The summed E-state index contributed by atoms with van der Waals surface area (Å²) >= 11 is 24.3. The molecule has 0 aliphatic rings. The summed E-state index contributed by atoms with van der Waals surface area (Å²) in [6.07, 6.45) is -1.34. The zero-order valence-corrected chi connectivity index (χ0v) is 17.8. The average molecular weight is 483 g/mol. The van der Waals surface area contributed by atoms with Gasteiger partial charge in [0.05, 0.1) is 17.3 Å². The molecule has 3 aromatic rings. The molecule has 0 aliphatic heterocycles. The smallest absolute Gasteiger partial charge is 0.283 e. The first-order chi connectivity index (χ1) is 13.7. The summed E-state index contributed by atoms with van der Waals surface area (Å²) in [7, 11) is 0. The molecule has 29 heavy (non-hydrogen) atoms. The van der Waals surface area contributed by atoms with E-state index >= 15 is 0 Å². The number of hydrogen-bond donors (Lipinski definition) is 1. The van der Waals surface area contributed by atoms with E-state index in [1.54, 1.807) is 18.2 Å². The molecule has 12 heteroatoms. The molecular weight excluding hydrogens is 470 g/mol. The summed E-state index contributed by atoms with van der Waals surface area (Å²) in [6, 6.07) is 5.11. The summed E-state index contributed by atoms with van der Waals surface area (Å²) < 4.78 is 28.3. The Hall–Kier alpha value is -1.87. The Morgan fingerprint density at radius 1 is 1.14 bits per heavy atom. The van der Waals surface area contributed by atoms with Crippen molar-refractivity contribution in [3.8, 4) is 0 Å². The third-order valence-electron chi connectivity index (χ3n) is 4.01. The maximum Gasteiger partial charge on any atom is 0.283 e. The number of halogens is 6. The topological polar surface area (TPSA) is 64.7 Å². The minimum Gasteiger partial charge on any atom is -0.306 e. The highest BCUT2D eigenvalue weighted by molar-refractivity contribution is 6.36. The van der Waals surface area contributed by atoms with Gasteiger partial charge in [-0.05, 0) is 19.1 Å². The van der Waals surface area contributed by atoms with Gasteiger partial charge in [0, 0.05) is 21.8 Å². The molecule has 0 aliphatic carbocycles. The van der Waals surface area contributed by atoms with Gasteiger partial charge in [-0.2, -0.15) is 10.2 Å². The predicted octanol–water partition coefficient (Wildman–Crippen LogP) is 5.63. The molecule has 0 unspecified atom stereocenters. The minimum absolute atomic E-state index is 0.102. The molecule has 3 rings (SSSR count). The molecular formula is C17H13Cl4F2N5O. The number of nitrogens with zero attached hydrogens (tertiary/aromatic N) is 4. The summed E-state index contributed by atoms with van der Waals surface area (Å²) in [5.41, 5.74) is 0.326. The molecule has 0 bridgehead atoms. The van der Waals surface area contributed by atoms with Gasteiger partial charge in [-0.1, -0.05) is 52.5 Å². The van der Waals surface area contributed by atoms with Gasteiger partial charge in [-0.25, -0.2) is 8.78 Å². The fourth-order valence-electron chi connectivity index (χ4n) is 2.56. The Labute approximate surface area is 184 Å². The highest BCUT2D eigenvalue weighted by Gasteiger charge is 2.22. The Bertz CT molecular complexity index is 1050. The van der Waals surface area contributed by atoms with Crippen molar-refractivity contribution in [3.63, 3.8) is 0 Å². The van der Waals surface area contributed by atoms with Gasteiger partial charge >= 0.3 is 0 Å². The second-order valence-corrected chi connectivity index (χ2v) is 7.61. The Morgan fingerprint density at radius 2 is 1.79 bits per heavy atom. The Kier molecular flexibility index (Phi) is 6.68. The number of carbonyl (C=O) groups is 1. The molecule has 1 aromatic carbocycles. The van der Waals surface area contributed by atoms with Crippen LogP contribution >= 0.6 is 46.4 Å². The van der Waals surface area contributed by atoms with Crippen LogP contribution in [0.1, 0.15) is 23.4 Å². The fraction of sp³-hybridized carbons (Fsp3) is 0.235. The molecule has 0 saturated heterocycles. The molecule has 6 nitrogen and oxygen atoms in total. The second kappa shape index (κ2) is 8.87. The number of nitrogens with one attached hydrogen (secondary N) is 1.